The first-order chi connectivity index (χ1) is 14.0. The fraction of sp³-hybridized carbons (Fsp3) is 0.217. The van der Waals surface area contributed by atoms with Gasteiger partial charge in [-0.15, -0.1) is 0 Å². The van der Waals surface area contributed by atoms with Crippen LogP contribution >= 0.6 is 0 Å². The summed E-state index contributed by atoms with van der Waals surface area (Å²) in [7, 11) is 3.76. The Hall–Kier alpha value is -3.38. The first kappa shape index (κ1) is 19.0. The molecule has 1 unspecified atom stereocenters. The largest absolute Gasteiger partial charge is 0.459 e. The van der Waals surface area contributed by atoms with Crippen molar-refractivity contribution in [1.29, 1.82) is 0 Å². The average Bonchev–Trinajstić information content (AvgIpc) is 3.38. The molecule has 1 aliphatic rings. The topological polar surface area (TPSA) is 65.8 Å². The molecule has 0 fully saturated rings. The lowest BCUT2D eigenvalue weighted by atomic mass is 10.0. The van der Waals surface area contributed by atoms with Crippen molar-refractivity contribution in [3.8, 4) is 0 Å². The summed E-state index contributed by atoms with van der Waals surface area (Å²) in [5.74, 6) is 0.0137. The lowest BCUT2D eigenvalue weighted by Gasteiger charge is -2.24. The molecule has 0 aliphatic carbocycles. The predicted octanol–water partition coefficient (Wildman–Crippen LogP) is 3.72. The van der Waals surface area contributed by atoms with Crippen LogP contribution in [-0.2, 0) is 11.2 Å². The molecular formula is C23H23N3O3. The van der Waals surface area contributed by atoms with Crippen LogP contribution in [0.3, 0.4) is 0 Å². The third-order valence-corrected chi connectivity index (χ3v) is 5.11. The van der Waals surface area contributed by atoms with Gasteiger partial charge >= 0.3 is 0 Å². The summed E-state index contributed by atoms with van der Waals surface area (Å²) in [6.07, 6.45) is 2.27. The second kappa shape index (κ2) is 7.93. The van der Waals surface area contributed by atoms with Gasteiger partial charge in [0.2, 0.25) is 5.91 Å². The maximum atomic E-state index is 13.0. The third-order valence-electron chi connectivity index (χ3n) is 5.11. The van der Waals surface area contributed by atoms with Gasteiger partial charge in [0.05, 0.1) is 6.26 Å². The highest BCUT2D eigenvalue weighted by atomic mass is 16.3. The van der Waals surface area contributed by atoms with E-state index in [1.54, 1.807) is 17.0 Å². The molecule has 29 heavy (non-hydrogen) atoms. The van der Waals surface area contributed by atoms with Crippen LogP contribution in [0.15, 0.2) is 71.3 Å². The summed E-state index contributed by atoms with van der Waals surface area (Å²) in [6, 6.07) is 18.3. The molecule has 3 aromatic rings. The minimum absolute atomic E-state index is 0.122. The van der Waals surface area contributed by atoms with Crippen LogP contribution in [0, 0.1) is 0 Å². The molecule has 1 atom stereocenters. The SMILES string of the molecule is CN(C)C(C(=O)Nc1ccc2c(c1)N(C(=O)c1ccco1)CC2)c1ccccc1. The molecule has 0 saturated carbocycles. The van der Waals surface area contributed by atoms with E-state index in [0.717, 1.165) is 23.2 Å². The Morgan fingerprint density at radius 3 is 2.55 bits per heavy atom. The molecule has 2 aromatic carbocycles. The molecule has 6 nitrogen and oxygen atoms in total. The van der Waals surface area contributed by atoms with Crippen LogP contribution in [0.4, 0.5) is 11.4 Å². The molecular weight excluding hydrogens is 366 g/mol. The van der Waals surface area contributed by atoms with Gasteiger partial charge in [0, 0.05) is 17.9 Å². The van der Waals surface area contributed by atoms with Gasteiger partial charge in [0.1, 0.15) is 6.04 Å². The first-order valence-electron chi connectivity index (χ1n) is 9.55. The van der Waals surface area contributed by atoms with E-state index in [1.807, 2.05) is 67.5 Å². The van der Waals surface area contributed by atoms with E-state index in [0.29, 0.717) is 18.0 Å². The average molecular weight is 389 g/mol. The highest BCUT2D eigenvalue weighted by Crippen LogP contribution is 2.32. The summed E-state index contributed by atoms with van der Waals surface area (Å²) in [6.45, 7) is 0.594. The molecule has 148 valence electrons. The Kier molecular flexibility index (Phi) is 5.18. The van der Waals surface area contributed by atoms with Gasteiger partial charge in [0.15, 0.2) is 5.76 Å². The molecule has 0 radical (unpaired) electrons. The fourth-order valence-electron chi connectivity index (χ4n) is 3.73. The number of nitrogens with one attached hydrogen (secondary N) is 1. The Morgan fingerprint density at radius 2 is 1.86 bits per heavy atom. The van der Waals surface area contributed by atoms with E-state index in [4.69, 9.17) is 4.42 Å². The molecule has 1 N–H and O–H groups in total. The predicted molar refractivity (Wildman–Crippen MR) is 112 cm³/mol. The molecule has 0 saturated heterocycles. The number of likely N-dealkylation sites (N-methyl/N-ethyl adjacent to an activating group) is 1. The van der Waals surface area contributed by atoms with Crippen molar-refractivity contribution in [2.75, 3.05) is 30.9 Å². The number of furan rings is 1. The van der Waals surface area contributed by atoms with Crippen molar-refractivity contribution < 1.29 is 14.0 Å². The first-order valence-corrected chi connectivity index (χ1v) is 9.55. The Labute approximate surface area is 169 Å². The van der Waals surface area contributed by atoms with Gasteiger partial charge in [-0.2, -0.15) is 0 Å². The van der Waals surface area contributed by atoms with E-state index in [2.05, 4.69) is 5.32 Å². The highest BCUT2D eigenvalue weighted by molar-refractivity contribution is 6.06. The molecule has 0 bridgehead atoms. The van der Waals surface area contributed by atoms with Crippen molar-refractivity contribution in [2.24, 2.45) is 0 Å². The second-order valence-electron chi connectivity index (χ2n) is 7.29. The monoisotopic (exact) mass is 389 g/mol. The second-order valence-corrected chi connectivity index (χ2v) is 7.29. The molecule has 6 heteroatoms. The maximum Gasteiger partial charge on any atom is 0.293 e. The Bertz CT molecular complexity index is 1010. The van der Waals surface area contributed by atoms with E-state index < -0.39 is 6.04 Å². The van der Waals surface area contributed by atoms with Gasteiger partial charge in [-0.05, 0) is 55.9 Å². The minimum Gasteiger partial charge on any atom is -0.459 e. The maximum absolute atomic E-state index is 13.0. The number of benzene rings is 2. The quantitative estimate of drug-likeness (QED) is 0.722. The van der Waals surface area contributed by atoms with Crippen LogP contribution in [0.5, 0.6) is 0 Å². The number of carbonyl (C=O) groups excluding carboxylic acids is 2. The third kappa shape index (κ3) is 3.79. The Balaban J connectivity index is 1.57. The number of amides is 2. The van der Waals surface area contributed by atoms with Crippen LogP contribution in [0.2, 0.25) is 0 Å². The van der Waals surface area contributed by atoms with Gasteiger partial charge in [0.25, 0.3) is 5.91 Å². The summed E-state index contributed by atoms with van der Waals surface area (Å²) < 4.78 is 5.26. The molecule has 2 amide bonds. The number of carbonyl (C=O) groups is 2. The number of rotatable bonds is 5. The van der Waals surface area contributed by atoms with Crippen molar-refractivity contribution in [2.45, 2.75) is 12.5 Å². The smallest absolute Gasteiger partial charge is 0.293 e. The standard InChI is InChI=1S/C23H23N3O3/c1-25(2)21(17-7-4-3-5-8-17)22(27)24-18-11-10-16-12-13-26(19(16)15-18)23(28)20-9-6-14-29-20/h3-11,14-15,21H,12-13H2,1-2H3,(H,24,27). The molecule has 0 spiro atoms. The normalized spacial score (nSPS) is 14.0. The van der Waals surface area contributed by atoms with Crippen LogP contribution in [0.25, 0.3) is 0 Å². The molecule has 4 rings (SSSR count). The van der Waals surface area contributed by atoms with Crippen LogP contribution in [0.1, 0.15) is 27.7 Å². The molecule has 1 aliphatic heterocycles. The fourth-order valence-corrected chi connectivity index (χ4v) is 3.73. The van der Waals surface area contributed by atoms with E-state index in [-0.39, 0.29) is 11.8 Å². The van der Waals surface area contributed by atoms with Gasteiger partial charge in [-0.3, -0.25) is 14.5 Å². The van der Waals surface area contributed by atoms with Gasteiger partial charge in [-0.1, -0.05) is 36.4 Å². The van der Waals surface area contributed by atoms with Crippen LogP contribution < -0.4 is 10.2 Å². The van der Waals surface area contributed by atoms with Gasteiger partial charge in [-0.25, -0.2) is 0 Å². The number of anilines is 2. The summed E-state index contributed by atoms with van der Waals surface area (Å²) in [4.78, 5) is 29.3. The highest BCUT2D eigenvalue weighted by Gasteiger charge is 2.28. The lowest BCUT2D eigenvalue weighted by molar-refractivity contribution is -0.120. The zero-order valence-corrected chi connectivity index (χ0v) is 16.5. The number of hydrogen-bond donors (Lipinski definition) is 1. The molecule has 1 aromatic heterocycles. The number of hydrogen-bond acceptors (Lipinski definition) is 4. The van der Waals surface area contributed by atoms with E-state index in [9.17, 15) is 9.59 Å². The van der Waals surface area contributed by atoms with Crippen molar-refractivity contribution in [3.63, 3.8) is 0 Å². The zero-order chi connectivity index (χ0) is 20.4. The lowest BCUT2D eigenvalue weighted by Crippen LogP contribution is -2.32. The van der Waals surface area contributed by atoms with Crippen molar-refractivity contribution >= 4 is 23.2 Å². The van der Waals surface area contributed by atoms with E-state index >= 15 is 0 Å². The summed E-state index contributed by atoms with van der Waals surface area (Å²) in [5, 5.41) is 3.00. The zero-order valence-electron chi connectivity index (χ0n) is 16.5. The van der Waals surface area contributed by atoms with Crippen molar-refractivity contribution in [3.05, 3.63) is 83.8 Å². The van der Waals surface area contributed by atoms with Gasteiger partial charge < -0.3 is 14.6 Å². The minimum atomic E-state index is -0.412. The van der Waals surface area contributed by atoms with Crippen LogP contribution in [-0.4, -0.2) is 37.4 Å². The number of fused-ring (bicyclic) bond motifs is 1. The van der Waals surface area contributed by atoms with Crippen molar-refractivity contribution in [1.82, 2.24) is 4.90 Å². The summed E-state index contributed by atoms with van der Waals surface area (Å²) in [5.41, 5.74) is 3.47. The van der Waals surface area contributed by atoms with E-state index in [1.165, 1.54) is 6.26 Å². The number of nitrogens with zero attached hydrogens (tertiary/aromatic N) is 2. The Morgan fingerprint density at radius 1 is 1.07 bits per heavy atom. The molecule has 2 heterocycles. The summed E-state index contributed by atoms with van der Waals surface area (Å²) >= 11 is 0.